The van der Waals surface area contributed by atoms with Crippen molar-refractivity contribution in [3.8, 4) is 0 Å². The van der Waals surface area contributed by atoms with Gasteiger partial charge in [0.25, 0.3) is 0 Å². The molecule has 2 fully saturated rings. The van der Waals surface area contributed by atoms with Crippen LogP contribution in [0.25, 0.3) is 0 Å². The lowest BCUT2D eigenvalue weighted by atomic mass is 10.00. The first-order chi connectivity index (χ1) is 14.0. The van der Waals surface area contributed by atoms with E-state index < -0.39 is 0 Å². The van der Waals surface area contributed by atoms with Gasteiger partial charge in [-0.25, -0.2) is 4.68 Å². The number of hydrogen-bond donors (Lipinski definition) is 0. The lowest BCUT2D eigenvalue weighted by Crippen LogP contribution is -2.49. The van der Waals surface area contributed by atoms with Gasteiger partial charge in [-0.15, -0.1) is 5.10 Å². The number of tetrazole rings is 1. The predicted octanol–water partition coefficient (Wildman–Crippen LogP) is 2.99. The molecular weight excluding hydrogens is 364 g/mol. The molecule has 0 aliphatic carbocycles. The Morgan fingerprint density at radius 3 is 2.62 bits per heavy atom. The zero-order chi connectivity index (χ0) is 20.4. The lowest BCUT2D eigenvalue weighted by molar-refractivity contribution is 0.0865. The van der Waals surface area contributed by atoms with E-state index in [9.17, 15) is 0 Å². The topological polar surface area (TPSA) is 59.3 Å². The Bertz CT molecular complexity index is 805. The predicted molar refractivity (Wildman–Crippen MR) is 114 cm³/mol. The third kappa shape index (κ3) is 4.31. The number of ether oxygens (including phenoxy) is 1. The van der Waals surface area contributed by atoms with Crippen LogP contribution in [0.15, 0.2) is 18.2 Å². The smallest absolute Gasteiger partial charge is 0.168 e. The van der Waals surface area contributed by atoms with Crippen molar-refractivity contribution in [1.29, 1.82) is 0 Å². The van der Waals surface area contributed by atoms with Gasteiger partial charge in [0.05, 0.1) is 18.7 Å². The van der Waals surface area contributed by atoms with Gasteiger partial charge in [0.15, 0.2) is 5.82 Å². The second-order valence-electron chi connectivity index (χ2n) is 8.79. The summed E-state index contributed by atoms with van der Waals surface area (Å²) in [6.45, 7) is 14.7. The van der Waals surface area contributed by atoms with E-state index in [1.54, 1.807) is 0 Å². The molecule has 0 saturated carbocycles. The fourth-order valence-corrected chi connectivity index (χ4v) is 4.74. The van der Waals surface area contributed by atoms with E-state index in [0.29, 0.717) is 5.92 Å². The van der Waals surface area contributed by atoms with Crippen LogP contribution in [0.3, 0.4) is 0 Å². The Morgan fingerprint density at radius 1 is 1.14 bits per heavy atom. The molecule has 0 radical (unpaired) electrons. The first-order valence-corrected chi connectivity index (χ1v) is 11.0. The number of benzene rings is 1. The van der Waals surface area contributed by atoms with Crippen molar-refractivity contribution in [2.75, 3.05) is 37.7 Å². The molecule has 1 aromatic carbocycles. The summed E-state index contributed by atoms with van der Waals surface area (Å²) in [5, 5.41) is 12.8. The highest BCUT2D eigenvalue weighted by molar-refractivity contribution is 5.56. The molecule has 0 spiro atoms. The average Bonchev–Trinajstić information content (AvgIpc) is 3.38. The van der Waals surface area contributed by atoms with Gasteiger partial charge in [-0.3, -0.25) is 4.90 Å². The van der Waals surface area contributed by atoms with Crippen molar-refractivity contribution in [3.05, 3.63) is 35.2 Å². The Labute approximate surface area is 174 Å². The van der Waals surface area contributed by atoms with Crippen molar-refractivity contribution in [1.82, 2.24) is 25.1 Å². The van der Waals surface area contributed by atoms with Gasteiger partial charge in [-0.2, -0.15) is 0 Å². The van der Waals surface area contributed by atoms with Crippen LogP contribution in [0, 0.1) is 19.8 Å². The molecule has 3 heterocycles. The monoisotopic (exact) mass is 398 g/mol. The van der Waals surface area contributed by atoms with E-state index in [1.165, 1.54) is 16.8 Å². The lowest BCUT2D eigenvalue weighted by Gasteiger charge is -2.41. The van der Waals surface area contributed by atoms with Gasteiger partial charge in [0.2, 0.25) is 0 Å². The van der Waals surface area contributed by atoms with E-state index in [1.807, 2.05) is 4.68 Å². The SMILES string of the molecule is Cc1cccc(N2CCN(C(c3nnnn3CC3CCCO3)C(C)C)CC2)c1C. The van der Waals surface area contributed by atoms with E-state index in [-0.39, 0.29) is 12.1 Å². The fraction of sp³-hybridized carbons (Fsp3) is 0.682. The molecule has 7 nitrogen and oxygen atoms in total. The second-order valence-corrected chi connectivity index (χ2v) is 8.79. The van der Waals surface area contributed by atoms with Crippen LogP contribution in [0.4, 0.5) is 5.69 Å². The summed E-state index contributed by atoms with van der Waals surface area (Å²) in [7, 11) is 0. The van der Waals surface area contributed by atoms with E-state index in [4.69, 9.17) is 4.74 Å². The molecule has 2 aliphatic heterocycles. The first kappa shape index (κ1) is 20.3. The minimum absolute atomic E-state index is 0.229. The average molecular weight is 399 g/mol. The molecule has 2 aliphatic rings. The summed E-state index contributed by atoms with van der Waals surface area (Å²) in [5.41, 5.74) is 4.12. The van der Waals surface area contributed by atoms with Crippen LogP contribution in [-0.4, -0.2) is 64.0 Å². The number of anilines is 1. The van der Waals surface area contributed by atoms with Gasteiger partial charge >= 0.3 is 0 Å². The summed E-state index contributed by atoms with van der Waals surface area (Å²) in [6.07, 6.45) is 2.47. The second kappa shape index (κ2) is 8.79. The highest BCUT2D eigenvalue weighted by Crippen LogP contribution is 2.30. The van der Waals surface area contributed by atoms with Crippen LogP contribution in [-0.2, 0) is 11.3 Å². The van der Waals surface area contributed by atoms with Gasteiger partial charge < -0.3 is 9.64 Å². The molecule has 158 valence electrons. The van der Waals surface area contributed by atoms with E-state index >= 15 is 0 Å². The molecule has 0 N–H and O–H groups in total. The van der Waals surface area contributed by atoms with Gasteiger partial charge in [0.1, 0.15) is 0 Å². The third-order valence-electron chi connectivity index (χ3n) is 6.48. The van der Waals surface area contributed by atoms with Crippen LogP contribution in [0.1, 0.15) is 49.7 Å². The summed E-state index contributed by atoms with van der Waals surface area (Å²) >= 11 is 0. The maximum atomic E-state index is 5.81. The Balaban J connectivity index is 1.47. The summed E-state index contributed by atoms with van der Waals surface area (Å²) in [6, 6.07) is 6.84. The molecule has 29 heavy (non-hydrogen) atoms. The van der Waals surface area contributed by atoms with Crippen LogP contribution >= 0.6 is 0 Å². The highest BCUT2D eigenvalue weighted by Gasteiger charge is 2.32. The maximum Gasteiger partial charge on any atom is 0.168 e. The van der Waals surface area contributed by atoms with Crippen LogP contribution < -0.4 is 4.90 Å². The Morgan fingerprint density at radius 2 is 1.93 bits per heavy atom. The molecule has 2 aromatic rings. The molecule has 0 bridgehead atoms. The number of aromatic nitrogens is 4. The van der Waals surface area contributed by atoms with Crippen molar-refractivity contribution < 1.29 is 4.74 Å². The van der Waals surface area contributed by atoms with Crippen molar-refractivity contribution in [2.24, 2.45) is 5.92 Å². The summed E-state index contributed by atoms with van der Waals surface area (Å²) in [5.74, 6) is 1.42. The molecule has 7 heteroatoms. The maximum absolute atomic E-state index is 5.81. The number of hydrogen-bond acceptors (Lipinski definition) is 6. The number of piperazine rings is 1. The minimum atomic E-state index is 0.229. The minimum Gasteiger partial charge on any atom is -0.376 e. The number of aryl methyl sites for hydroxylation is 1. The van der Waals surface area contributed by atoms with Gasteiger partial charge in [-0.05, 0) is 60.2 Å². The molecule has 2 atom stereocenters. The molecular formula is C22H34N6O. The van der Waals surface area contributed by atoms with E-state index in [0.717, 1.165) is 58.0 Å². The zero-order valence-corrected chi connectivity index (χ0v) is 18.2. The Hall–Kier alpha value is -1.99. The van der Waals surface area contributed by atoms with Crippen LogP contribution in [0.5, 0.6) is 0 Å². The molecule has 2 saturated heterocycles. The van der Waals surface area contributed by atoms with Crippen molar-refractivity contribution >= 4 is 5.69 Å². The molecule has 2 unspecified atom stereocenters. The van der Waals surface area contributed by atoms with Gasteiger partial charge in [0, 0.05) is 38.5 Å². The zero-order valence-electron chi connectivity index (χ0n) is 18.2. The normalized spacial score (nSPS) is 21.8. The first-order valence-electron chi connectivity index (χ1n) is 11.0. The summed E-state index contributed by atoms with van der Waals surface area (Å²) < 4.78 is 7.80. The molecule has 1 aromatic heterocycles. The quantitative estimate of drug-likeness (QED) is 0.746. The molecule has 0 amide bonds. The largest absolute Gasteiger partial charge is 0.376 e. The summed E-state index contributed by atoms with van der Waals surface area (Å²) in [4.78, 5) is 5.08. The fourth-order valence-electron chi connectivity index (χ4n) is 4.74. The van der Waals surface area contributed by atoms with Gasteiger partial charge in [-0.1, -0.05) is 26.0 Å². The standard InChI is InChI=1S/C22H34N6O/c1-16(2)21(22-23-24-25-28(22)15-19-8-6-14-29-19)27-12-10-26(11-13-27)20-9-5-7-17(3)18(20)4/h5,7,9,16,19,21H,6,8,10-15H2,1-4H3. The molecule has 4 rings (SSSR count). The Kier molecular flexibility index (Phi) is 6.15. The van der Waals surface area contributed by atoms with Crippen molar-refractivity contribution in [2.45, 2.75) is 59.2 Å². The van der Waals surface area contributed by atoms with Crippen LogP contribution in [0.2, 0.25) is 0 Å². The number of rotatable bonds is 6. The third-order valence-corrected chi connectivity index (χ3v) is 6.48. The number of nitrogens with zero attached hydrogens (tertiary/aromatic N) is 6. The van der Waals surface area contributed by atoms with Crippen molar-refractivity contribution in [3.63, 3.8) is 0 Å². The highest BCUT2D eigenvalue weighted by atomic mass is 16.5. The van der Waals surface area contributed by atoms with E-state index in [2.05, 4.69) is 71.2 Å².